The molecule has 0 aliphatic carbocycles. The van der Waals surface area contributed by atoms with Crippen LogP contribution in [0.15, 0.2) is 42.6 Å². The molecule has 94 valence electrons. The van der Waals surface area contributed by atoms with E-state index < -0.39 is 0 Å². The molecule has 0 aliphatic heterocycles. The quantitative estimate of drug-likeness (QED) is 0.918. The maximum absolute atomic E-state index is 6.27. The van der Waals surface area contributed by atoms with Crippen molar-refractivity contribution in [2.45, 2.75) is 13.5 Å². The summed E-state index contributed by atoms with van der Waals surface area (Å²) in [7, 11) is 0. The Morgan fingerprint density at radius 2 is 2.00 bits per heavy atom. The largest absolute Gasteiger partial charge is 0.326 e. The summed E-state index contributed by atoms with van der Waals surface area (Å²) in [5, 5.41) is 0.628. The van der Waals surface area contributed by atoms with E-state index in [0.29, 0.717) is 11.6 Å². The molecule has 0 atom stereocenters. The van der Waals surface area contributed by atoms with Gasteiger partial charge in [-0.2, -0.15) is 0 Å². The lowest BCUT2D eigenvalue weighted by Gasteiger charge is -2.23. The first kappa shape index (κ1) is 12.9. The van der Waals surface area contributed by atoms with Crippen LogP contribution in [0.5, 0.6) is 0 Å². The first-order valence-corrected chi connectivity index (χ1v) is 6.31. The molecular formula is C14H16ClN3. The second-order valence-corrected chi connectivity index (χ2v) is 4.34. The van der Waals surface area contributed by atoms with Crippen molar-refractivity contribution in [1.29, 1.82) is 0 Å². The molecule has 0 amide bonds. The van der Waals surface area contributed by atoms with Crippen molar-refractivity contribution in [2.75, 3.05) is 11.4 Å². The van der Waals surface area contributed by atoms with Crippen LogP contribution in [0.3, 0.4) is 0 Å². The predicted octanol–water partition coefficient (Wildman–Crippen LogP) is 3.35. The highest BCUT2D eigenvalue weighted by molar-refractivity contribution is 6.33. The van der Waals surface area contributed by atoms with Gasteiger partial charge in [0.1, 0.15) is 0 Å². The van der Waals surface area contributed by atoms with Gasteiger partial charge in [0.05, 0.1) is 5.02 Å². The maximum Gasteiger partial charge on any atom is 0.151 e. The second kappa shape index (κ2) is 5.85. The van der Waals surface area contributed by atoms with Crippen LogP contribution >= 0.6 is 11.6 Å². The molecule has 1 aromatic carbocycles. The van der Waals surface area contributed by atoms with Gasteiger partial charge in [0.2, 0.25) is 0 Å². The summed E-state index contributed by atoms with van der Waals surface area (Å²) >= 11 is 6.27. The van der Waals surface area contributed by atoms with Gasteiger partial charge in [0.15, 0.2) is 5.82 Å². The third-order valence-corrected chi connectivity index (χ3v) is 3.03. The topological polar surface area (TPSA) is 42.2 Å². The highest BCUT2D eigenvalue weighted by Gasteiger charge is 2.12. The molecule has 2 N–H and O–H groups in total. The molecule has 2 rings (SSSR count). The van der Waals surface area contributed by atoms with Gasteiger partial charge in [-0.3, -0.25) is 0 Å². The Labute approximate surface area is 112 Å². The molecule has 0 aliphatic rings. The molecule has 0 saturated carbocycles. The van der Waals surface area contributed by atoms with Gasteiger partial charge >= 0.3 is 0 Å². The SMILES string of the molecule is CCN(c1ccccc1)c1ncc(CN)cc1Cl. The molecular weight excluding hydrogens is 246 g/mol. The van der Waals surface area contributed by atoms with Gasteiger partial charge in [-0.25, -0.2) is 4.98 Å². The average molecular weight is 262 g/mol. The van der Waals surface area contributed by atoms with E-state index in [1.165, 1.54) is 0 Å². The van der Waals surface area contributed by atoms with Crippen molar-refractivity contribution in [3.05, 3.63) is 53.2 Å². The van der Waals surface area contributed by atoms with E-state index in [9.17, 15) is 0 Å². The van der Waals surface area contributed by atoms with Crippen LogP contribution in [-0.4, -0.2) is 11.5 Å². The fraction of sp³-hybridized carbons (Fsp3) is 0.214. The number of benzene rings is 1. The highest BCUT2D eigenvalue weighted by Crippen LogP contribution is 2.29. The Bertz CT molecular complexity index is 514. The van der Waals surface area contributed by atoms with E-state index in [1.807, 2.05) is 36.4 Å². The Balaban J connectivity index is 2.39. The van der Waals surface area contributed by atoms with Crippen molar-refractivity contribution in [3.8, 4) is 0 Å². The Morgan fingerprint density at radius 1 is 1.28 bits per heavy atom. The molecule has 0 fully saturated rings. The molecule has 4 heteroatoms. The van der Waals surface area contributed by atoms with Crippen LogP contribution in [0.25, 0.3) is 0 Å². The van der Waals surface area contributed by atoms with Gasteiger partial charge in [-0.1, -0.05) is 29.8 Å². The minimum atomic E-state index is 0.449. The van der Waals surface area contributed by atoms with Gasteiger partial charge in [0.25, 0.3) is 0 Å². The standard InChI is InChI=1S/C14H16ClN3/c1-2-18(12-6-4-3-5-7-12)14-13(15)8-11(9-16)10-17-14/h3-8,10H,2,9,16H2,1H3. The molecule has 1 aromatic heterocycles. The zero-order chi connectivity index (χ0) is 13.0. The van der Waals surface area contributed by atoms with Crippen molar-refractivity contribution in [2.24, 2.45) is 5.73 Å². The van der Waals surface area contributed by atoms with Crippen LogP contribution in [-0.2, 0) is 6.54 Å². The Morgan fingerprint density at radius 3 is 2.56 bits per heavy atom. The van der Waals surface area contributed by atoms with Gasteiger partial charge in [-0.05, 0) is 30.7 Å². The molecule has 0 spiro atoms. The predicted molar refractivity (Wildman–Crippen MR) is 76.3 cm³/mol. The van der Waals surface area contributed by atoms with Crippen molar-refractivity contribution < 1.29 is 0 Å². The minimum Gasteiger partial charge on any atom is -0.326 e. The molecule has 18 heavy (non-hydrogen) atoms. The highest BCUT2D eigenvalue weighted by atomic mass is 35.5. The second-order valence-electron chi connectivity index (χ2n) is 3.93. The zero-order valence-electron chi connectivity index (χ0n) is 10.3. The van der Waals surface area contributed by atoms with Crippen LogP contribution in [0.4, 0.5) is 11.5 Å². The fourth-order valence-electron chi connectivity index (χ4n) is 1.84. The van der Waals surface area contributed by atoms with Crippen LogP contribution in [0, 0.1) is 0 Å². The van der Waals surface area contributed by atoms with Gasteiger partial charge in [-0.15, -0.1) is 0 Å². The Kier molecular flexibility index (Phi) is 4.18. The number of rotatable bonds is 4. The van der Waals surface area contributed by atoms with E-state index in [2.05, 4.69) is 16.8 Å². The number of para-hydroxylation sites is 1. The lowest BCUT2D eigenvalue weighted by atomic mass is 10.2. The van der Waals surface area contributed by atoms with Crippen molar-refractivity contribution in [3.63, 3.8) is 0 Å². The molecule has 0 bridgehead atoms. The summed E-state index contributed by atoms with van der Waals surface area (Å²) in [6.07, 6.45) is 1.77. The summed E-state index contributed by atoms with van der Waals surface area (Å²) in [5.74, 6) is 0.766. The summed E-state index contributed by atoms with van der Waals surface area (Å²) in [6.45, 7) is 3.32. The van der Waals surface area contributed by atoms with E-state index >= 15 is 0 Å². The monoisotopic (exact) mass is 261 g/mol. The Hall–Kier alpha value is -1.58. The lowest BCUT2D eigenvalue weighted by molar-refractivity contribution is 0.974. The summed E-state index contributed by atoms with van der Waals surface area (Å²) < 4.78 is 0. The summed E-state index contributed by atoms with van der Waals surface area (Å²) in [6, 6.07) is 11.9. The van der Waals surface area contributed by atoms with Gasteiger partial charge in [0, 0.05) is 25.0 Å². The lowest BCUT2D eigenvalue weighted by Crippen LogP contribution is -2.18. The number of aromatic nitrogens is 1. The smallest absolute Gasteiger partial charge is 0.151 e. The van der Waals surface area contributed by atoms with Crippen molar-refractivity contribution >= 4 is 23.1 Å². The van der Waals surface area contributed by atoms with E-state index in [-0.39, 0.29) is 0 Å². The summed E-state index contributed by atoms with van der Waals surface area (Å²) in [4.78, 5) is 6.48. The van der Waals surface area contributed by atoms with Crippen LogP contribution < -0.4 is 10.6 Å². The van der Waals surface area contributed by atoms with Crippen LogP contribution in [0.1, 0.15) is 12.5 Å². The third kappa shape index (κ3) is 2.63. The average Bonchev–Trinajstić information content (AvgIpc) is 2.42. The first-order valence-electron chi connectivity index (χ1n) is 5.93. The van der Waals surface area contributed by atoms with E-state index in [4.69, 9.17) is 17.3 Å². The first-order chi connectivity index (χ1) is 8.76. The fourth-order valence-corrected chi connectivity index (χ4v) is 2.13. The number of nitrogens with zero attached hydrogens (tertiary/aromatic N) is 2. The number of hydrogen-bond donors (Lipinski definition) is 1. The number of hydrogen-bond acceptors (Lipinski definition) is 3. The number of halogens is 1. The normalized spacial score (nSPS) is 10.4. The third-order valence-electron chi connectivity index (χ3n) is 2.75. The van der Waals surface area contributed by atoms with Gasteiger partial charge < -0.3 is 10.6 Å². The molecule has 2 aromatic rings. The number of pyridine rings is 1. The number of anilines is 2. The zero-order valence-corrected chi connectivity index (χ0v) is 11.1. The molecule has 1 heterocycles. The van der Waals surface area contributed by atoms with Crippen molar-refractivity contribution in [1.82, 2.24) is 4.98 Å². The molecule has 0 radical (unpaired) electrons. The van der Waals surface area contributed by atoms with Crippen LogP contribution in [0.2, 0.25) is 5.02 Å². The molecule has 3 nitrogen and oxygen atoms in total. The van der Waals surface area contributed by atoms with E-state index in [1.54, 1.807) is 6.20 Å². The number of nitrogens with two attached hydrogens (primary N) is 1. The maximum atomic E-state index is 6.27. The molecule has 0 unspecified atom stereocenters. The molecule has 0 saturated heterocycles. The minimum absolute atomic E-state index is 0.449. The van der Waals surface area contributed by atoms with E-state index in [0.717, 1.165) is 23.6 Å². The summed E-state index contributed by atoms with van der Waals surface area (Å²) in [5.41, 5.74) is 7.59.